The molecule has 6 nitrogen and oxygen atoms in total. The van der Waals surface area contributed by atoms with Crippen molar-refractivity contribution in [3.8, 4) is 0 Å². The van der Waals surface area contributed by atoms with E-state index in [-0.39, 0.29) is 24.0 Å². The number of nitrogens with one attached hydrogen (secondary N) is 1. The molecule has 2 aliphatic heterocycles. The number of nitrogens with zero attached hydrogens (tertiary/aromatic N) is 2. The van der Waals surface area contributed by atoms with Gasteiger partial charge in [-0.2, -0.15) is 0 Å². The van der Waals surface area contributed by atoms with Crippen molar-refractivity contribution in [2.45, 2.75) is 31.9 Å². The molecule has 1 aromatic rings. The van der Waals surface area contributed by atoms with Crippen molar-refractivity contribution < 1.29 is 18.7 Å². The lowest BCUT2D eigenvalue weighted by Gasteiger charge is -2.26. The van der Waals surface area contributed by atoms with E-state index in [0.29, 0.717) is 25.4 Å². The zero-order valence-corrected chi connectivity index (χ0v) is 14.8. The van der Waals surface area contributed by atoms with Crippen LogP contribution in [0.4, 0.5) is 20.6 Å². The highest BCUT2D eigenvalue weighted by Gasteiger charge is 2.25. The van der Waals surface area contributed by atoms with E-state index in [1.54, 1.807) is 11.0 Å². The molecule has 0 bridgehead atoms. The Labute approximate surface area is 147 Å². The third-order valence-corrected chi connectivity index (χ3v) is 4.60. The van der Waals surface area contributed by atoms with Crippen molar-refractivity contribution in [3.63, 3.8) is 0 Å². The minimum Gasteiger partial charge on any atom is -0.379 e. The zero-order valence-electron chi connectivity index (χ0n) is 14.8. The van der Waals surface area contributed by atoms with Crippen LogP contribution in [0.2, 0.25) is 0 Å². The van der Waals surface area contributed by atoms with E-state index in [2.05, 4.69) is 10.2 Å². The maximum Gasteiger partial charge on any atom is 0.322 e. The van der Waals surface area contributed by atoms with Gasteiger partial charge in [0, 0.05) is 26.7 Å². The van der Waals surface area contributed by atoms with Gasteiger partial charge in [0.15, 0.2) is 0 Å². The molecule has 0 spiro atoms. The largest absolute Gasteiger partial charge is 0.379 e. The Bertz CT molecular complexity index is 607. The van der Waals surface area contributed by atoms with E-state index in [0.717, 1.165) is 31.7 Å². The predicted molar refractivity (Wildman–Crippen MR) is 94.8 cm³/mol. The second kappa shape index (κ2) is 8.01. The number of carbonyl (C=O) groups is 1. The quantitative estimate of drug-likeness (QED) is 0.905. The first-order valence-corrected chi connectivity index (χ1v) is 8.82. The first-order valence-electron chi connectivity index (χ1n) is 8.82. The molecule has 1 N–H and O–H groups in total. The molecule has 0 unspecified atom stereocenters. The smallest absolute Gasteiger partial charge is 0.322 e. The first kappa shape index (κ1) is 17.9. The fourth-order valence-electron chi connectivity index (χ4n) is 3.21. The van der Waals surface area contributed by atoms with Crippen LogP contribution in [0.5, 0.6) is 0 Å². The summed E-state index contributed by atoms with van der Waals surface area (Å²) in [5.74, 6) is -0.343. The highest BCUT2D eigenvalue weighted by molar-refractivity contribution is 5.96. The van der Waals surface area contributed by atoms with Gasteiger partial charge in [-0.05, 0) is 38.0 Å². The van der Waals surface area contributed by atoms with Crippen molar-refractivity contribution in [1.82, 2.24) is 5.32 Å². The van der Waals surface area contributed by atoms with Crippen LogP contribution in [0.1, 0.15) is 19.8 Å². The summed E-state index contributed by atoms with van der Waals surface area (Å²) < 4.78 is 24.8. The number of hydrogen-bond donors (Lipinski definition) is 1. The number of hydrogen-bond acceptors (Lipinski definition) is 4. The normalized spacial score (nSPS) is 21.6. The highest BCUT2D eigenvalue weighted by Crippen LogP contribution is 2.32. The lowest BCUT2D eigenvalue weighted by Crippen LogP contribution is -2.46. The first-order chi connectivity index (χ1) is 12.0. The second-order valence-corrected chi connectivity index (χ2v) is 6.73. The van der Waals surface area contributed by atoms with Gasteiger partial charge in [-0.3, -0.25) is 4.90 Å². The molecule has 0 radical (unpaired) electrons. The molecule has 3 rings (SSSR count). The van der Waals surface area contributed by atoms with E-state index in [1.165, 1.54) is 12.1 Å². The highest BCUT2D eigenvalue weighted by atomic mass is 19.1. The Hall–Kier alpha value is -1.86. The fraction of sp³-hybridized carbons (Fsp3) is 0.611. The van der Waals surface area contributed by atoms with Crippen LogP contribution in [-0.2, 0) is 9.47 Å². The molecule has 1 fully saturated rings. The Balaban J connectivity index is 1.64. The molecule has 7 heteroatoms. The maximum atomic E-state index is 13.7. The molecule has 2 aliphatic rings. The van der Waals surface area contributed by atoms with Crippen molar-refractivity contribution in [2.75, 3.05) is 49.8 Å². The van der Waals surface area contributed by atoms with Gasteiger partial charge >= 0.3 is 6.03 Å². The number of anilines is 2. The van der Waals surface area contributed by atoms with Gasteiger partial charge in [0.1, 0.15) is 5.82 Å². The van der Waals surface area contributed by atoms with Gasteiger partial charge in [-0.15, -0.1) is 0 Å². The van der Waals surface area contributed by atoms with Crippen molar-refractivity contribution in [1.29, 1.82) is 0 Å². The lowest BCUT2D eigenvalue weighted by atomic mass is 10.2. The minimum absolute atomic E-state index is 0.112. The molecule has 0 aromatic heterocycles. The lowest BCUT2D eigenvalue weighted by molar-refractivity contribution is 0.0339. The Morgan fingerprint density at radius 2 is 2.28 bits per heavy atom. The predicted octanol–water partition coefficient (Wildman–Crippen LogP) is 2.38. The van der Waals surface area contributed by atoms with Gasteiger partial charge in [-0.25, -0.2) is 9.18 Å². The van der Waals surface area contributed by atoms with Crippen LogP contribution < -0.4 is 15.1 Å². The minimum atomic E-state index is -0.343. The number of benzene rings is 1. The second-order valence-electron chi connectivity index (χ2n) is 6.73. The molecule has 2 atom stereocenters. The van der Waals surface area contributed by atoms with Crippen LogP contribution in [0.3, 0.4) is 0 Å². The molecule has 138 valence electrons. The molecule has 25 heavy (non-hydrogen) atoms. The standard InChI is InChI=1S/C18H26FN3O3/c1-13(11-25-15-6-9-24-12-15)20-18(23)22-8-3-7-21(2)16-5-4-14(19)10-17(16)22/h4-5,10,13,15H,3,6-9,11-12H2,1-2H3,(H,20,23)/t13-,15+/m0/s1. The van der Waals surface area contributed by atoms with Crippen molar-refractivity contribution in [3.05, 3.63) is 24.0 Å². The number of urea groups is 1. The molecule has 2 amide bonds. The average molecular weight is 351 g/mol. The zero-order chi connectivity index (χ0) is 17.8. The Morgan fingerprint density at radius 1 is 1.44 bits per heavy atom. The van der Waals surface area contributed by atoms with E-state index in [1.807, 2.05) is 14.0 Å². The monoisotopic (exact) mass is 351 g/mol. The van der Waals surface area contributed by atoms with Crippen LogP contribution in [0, 0.1) is 5.82 Å². The van der Waals surface area contributed by atoms with Gasteiger partial charge in [0.2, 0.25) is 0 Å². The van der Waals surface area contributed by atoms with Gasteiger partial charge < -0.3 is 19.7 Å². The molecule has 0 saturated carbocycles. The Kier molecular flexibility index (Phi) is 5.75. The molecule has 2 heterocycles. The van der Waals surface area contributed by atoms with Gasteiger partial charge in [0.25, 0.3) is 0 Å². The van der Waals surface area contributed by atoms with E-state index in [9.17, 15) is 9.18 Å². The summed E-state index contributed by atoms with van der Waals surface area (Å²) in [6, 6.07) is 4.22. The molecular weight excluding hydrogens is 325 g/mol. The maximum absolute atomic E-state index is 13.7. The van der Waals surface area contributed by atoms with E-state index in [4.69, 9.17) is 9.47 Å². The summed E-state index contributed by atoms with van der Waals surface area (Å²) in [4.78, 5) is 16.4. The number of rotatable bonds is 4. The molecule has 1 aromatic carbocycles. The third-order valence-electron chi connectivity index (χ3n) is 4.60. The van der Waals surface area contributed by atoms with E-state index >= 15 is 0 Å². The number of carbonyl (C=O) groups excluding carboxylic acids is 1. The van der Waals surface area contributed by atoms with Gasteiger partial charge in [-0.1, -0.05) is 0 Å². The Morgan fingerprint density at radius 3 is 3.04 bits per heavy atom. The summed E-state index contributed by atoms with van der Waals surface area (Å²) in [7, 11) is 1.96. The summed E-state index contributed by atoms with van der Waals surface area (Å²) >= 11 is 0. The molecule has 0 aliphatic carbocycles. The number of ether oxygens (including phenoxy) is 2. The number of amides is 2. The fourth-order valence-corrected chi connectivity index (χ4v) is 3.21. The van der Waals surface area contributed by atoms with E-state index < -0.39 is 0 Å². The van der Waals surface area contributed by atoms with Crippen LogP contribution in [0.15, 0.2) is 18.2 Å². The average Bonchev–Trinajstić information content (AvgIpc) is 3.04. The SMILES string of the molecule is C[C@@H](CO[C@@H]1CCOC1)NC(=O)N1CCCN(C)c2ccc(F)cc21. The summed E-state index contributed by atoms with van der Waals surface area (Å²) in [5.41, 5.74) is 1.47. The molecular formula is C18H26FN3O3. The van der Waals surface area contributed by atoms with Crippen molar-refractivity contribution >= 4 is 17.4 Å². The van der Waals surface area contributed by atoms with Gasteiger partial charge in [0.05, 0.1) is 36.7 Å². The number of fused-ring (bicyclic) bond motifs is 1. The topological polar surface area (TPSA) is 54.0 Å². The number of halogens is 1. The van der Waals surface area contributed by atoms with Crippen LogP contribution >= 0.6 is 0 Å². The molecule has 1 saturated heterocycles. The third kappa shape index (κ3) is 4.41. The summed E-state index contributed by atoms with van der Waals surface area (Å²) in [5, 5.41) is 2.96. The van der Waals surface area contributed by atoms with Crippen molar-refractivity contribution in [2.24, 2.45) is 0 Å². The summed E-state index contributed by atoms with van der Waals surface area (Å²) in [6.07, 6.45) is 1.83. The summed E-state index contributed by atoms with van der Waals surface area (Å²) in [6.45, 7) is 5.06. The van der Waals surface area contributed by atoms with Crippen LogP contribution in [0.25, 0.3) is 0 Å². The van der Waals surface area contributed by atoms with Crippen LogP contribution in [-0.4, -0.2) is 58.1 Å².